The van der Waals surface area contributed by atoms with Gasteiger partial charge >= 0.3 is 0 Å². The SMILES string of the molecule is CN=C(NSc1ccc(C)cc1)N(C)CCNS(N)(=O)=O. The second-order valence-corrected chi connectivity index (χ2v) is 6.68. The Balaban J connectivity index is 2.45. The molecule has 1 aromatic rings. The lowest BCUT2D eigenvalue weighted by molar-refractivity contribution is 0.491. The Labute approximate surface area is 130 Å². The van der Waals surface area contributed by atoms with Crippen LogP contribution in [0.2, 0.25) is 0 Å². The largest absolute Gasteiger partial charge is 0.344 e. The Morgan fingerprint density at radius 1 is 1.38 bits per heavy atom. The second-order valence-electron chi connectivity index (χ2n) is 4.43. The van der Waals surface area contributed by atoms with Crippen LogP contribution in [0.3, 0.4) is 0 Å². The number of hydrogen-bond donors (Lipinski definition) is 3. The summed E-state index contributed by atoms with van der Waals surface area (Å²) >= 11 is 1.44. The predicted molar refractivity (Wildman–Crippen MR) is 87.3 cm³/mol. The van der Waals surface area contributed by atoms with Crippen LogP contribution in [-0.2, 0) is 10.2 Å². The average molecular weight is 331 g/mol. The minimum Gasteiger partial charge on any atom is -0.344 e. The fourth-order valence-corrected chi connectivity index (χ4v) is 2.57. The minimum atomic E-state index is -3.65. The highest BCUT2D eigenvalue weighted by Gasteiger charge is 2.07. The monoisotopic (exact) mass is 331 g/mol. The molecule has 0 radical (unpaired) electrons. The summed E-state index contributed by atoms with van der Waals surface area (Å²) in [6, 6.07) is 8.10. The maximum atomic E-state index is 10.8. The fraction of sp³-hybridized carbons (Fsp3) is 0.417. The number of benzene rings is 1. The molecule has 7 nitrogen and oxygen atoms in total. The first-order valence-corrected chi connectivity index (χ1v) is 8.63. The summed E-state index contributed by atoms with van der Waals surface area (Å²) in [5, 5.41) is 4.87. The predicted octanol–water partition coefficient (Wildman–Crippen LogP) is 0.302. The summed E-state index contributed by atoms with van der Waals surface area (Å²) in [7, 11) is -0.170. The van der Waals surface area contributed by atoms with Crippen molar-refractivity contribution in [2.75, 3.05) is 27.2 Å². The second kappa shape index (κ2) is 8.23. The lowest BCUT2D eigenvalue weighted by Crippen LogP contribution is -2.42. The van der Waals surface area contributed by atoms with Crippen molar-refractivity contribution < 1.29 is 8.42 Å². The fourth-order valence-electron chi connectivity index (χ4n) is 1.47. The van der Waals surface area contributed by atoms with Crippen molar-refractivity contribution in [2.24, 2.45) is 10.1 Å². The van der Waals surface area contributed by atoms with Crippen LogP contribution in [-0.4, -0.2) is 46.5 Å². The van der Waals surface area contributed by atoms with Gasteiger partial charge in [-0.2, -0.15) is 8.42 Å². The van der Waals surface area contributed by atoms with Crippen molar-refractivity contribution in [1.29, 1.82) is 0 Å². The third kappa shape index (κ3) is 7.32. The number of likely N-dealkylation sites (N-methyl/N-ethyl adjacent to an activating group) is 1. The molecule has 0 atom stereocenters. The summed E-state index contributed by atoms with van der Waals surface area (Å²) in [5.74, 6) is 0.650. The van der Waals surface area contributed by atoms with Gasteiger partial charge in [0.15, 0.2) is 0 Å². The molecule has 0 aliphatic carbocycles. The summed E-state index contributed by atoms with van der Waals surface area (Å²) in [5.41, 5.74) is 1.20. The van der Waals surface area contributed by atoms with E-state index in [1.165, 1.54) is 17.5 Å². The minimum absolute atomic E-state index is 0.214. The van der Waals surface area contributed by atoms with E-state index in [0.717, 1.165) is 4.90 Å². The third-order valence-electron chi connectivity index (χ3n) is 2.60. The zero-order valence-electron chi connectivity index (χ0n) is 12.3. The van der Waals surface area contributed by atoms with Gasteiger partial charge in [0.2, 0.25) is 5.96 Å². The molecule has 0 spiro atoms. The molecule has 1 rings (SSSR count). The normalized spacial score (nSPS) is 12.3. The zero-order valence-corrected chi connectivity index (χ0v) is 14.0. The first-order valence-electron chi connectivity index (χ1n) is 6.26. The van der Waals surface area contributed by atoms with Crippen LogP contribution in [0.5, 0.6) is 0 Å². The van der Waals surface area contributed by atoms with E-state index in [1.807, 2.05) is 38.2 Å². The molecule has 0 amide bonds. The Morgan fingerprint density at radius 3 is 2.52 bits per heavy atom. The molecule has 0 bridgehead atoms. The van der Waals surface area contributed by atoms with Crippen LogP contribution in [0, 0.1) is 6.92 Å². The number of nitrogens with zero attached hydrogens (tertiary/aromatic N) is 2. The lowest BCUT2D eigenvalue weighted by atomic mass is 10.2. The highest BCUT2D eigenvalue weighted by molar-refractivity contribution is 7.98. The molecule has 0 aliphatic heterocycles. The van der Waals surface area contributed by atoms with E-state index in [-0.39, 0.29) is 6.54 Å². The van der Waals surface area contributed by atoms with Gasteiger partial charge in [0, 0.05) is 32.1 Å². The zero-order chi connectivity index (χ0) is 15.9. The van der Waals surface area contributed by atoms with Crippen molar-refractivity contribution in [3.63, 3.8) is 0 Å². The highest BCUT2D eigenvalue weighted by atomic mass is 32.2. The standard InChI is InChI=1S/C12H21N5O2S2/c1-10-4-6-11(7-5-10)20-16-12(14-2)17(3)9-8-15-21(13,18)19/h4-7,15H,8-9H2,1-3H3,(H,14,16)(H2,13,18,19). The van der Waals surface area contributed by atoms with Gasteiger partial charge in [0.05, 0.1) is 0 Å². The molecular formula is C12H21N5O2S2. The van der Waals surface area contributed by atoms with Gasteiger partial charge in [-0.25, -0.2) is 9.86 Å². The molecule has 0 saturated carbocycles. The third-order valence-corrected chi connectivity index (χ3v) is 4.00. The highest BCUT2D eigenvalue weighted by Crippen LogP contribution is 2.15. The summed E-state index contributed by atoms with van der Waals surface area (Å²) in [6.07, 6.45) is 0. The smallest absolute Gasteiger partial charge is 0.274 e. The lowest BCUT2D eigenvalue weighted by Gasteiger charge is -2.21. The van der Waals surface area contributed by atoms with Crippen LogP contribution in [0.15, 0.2) is 34.2 Å². The molecule has 21 heavy (non-hydrogen) atoms. The van der Waals surface area contributed by atoms with E-state index in [0.29, 0.717) is 12.5 Å². The summed E-state index contributed by atoms with van der Waals surface area (Å²) < 4.78 is 26.9. The number of hydrogen-bond acceptors (Lipinski definition) is 4. The Hall–Kier alpha value is -1.29. The molecule has 118 valence electrons. The summed E-state index contributed by atoms with van der Waals surface area (Å²) in [6.45, 7) is 2.70. The Morgan fingerprint density at radius 2 is 2.00 bits per heavy atom. The molecule has 0 fully saturated rings. The van der Waals surface area contributed by atoms with E-state index in [1.54, 1.807) is 11.9 Å². The van der Waals surface area contributed by atoms with Gasteiger partial charge in [-0.1, -0.05) is 17.7 Å². The average Bonchev–Trinajstić information content (AvgIpc) is 2.40. The number of rotatable bonds is 6. The van der Waals surface area contributed by atoms with Crippen LogP contribution in [0.1, 0.15) is 5.56 Å². The van der Waals surface area contributed by atoms with E-state index in [2.05, 4.69) is 14.4 Å². The van der Waals surface area contributed by atoms with Crippen LogP contribution in [0.4, 0.5) is 0 Å². The van der Waals surface area contributed by atoms with Crippen molar-refractivity contribution in [3.8, 4) is 0 Å². The molecule has 0 aromatic heterocycles. The van der Waals surface area contributed by atoms with Crippen LogP contribution < -0.4 is 14.6 Å². The molecule has 0 aliphatic rings. The van der Waals surface area contributed by atoms with Crippen molar-refractivity contribution >= 4 is 28.1 Å². The molecule has 0 heterocycles. The van der Waals surface area contributed by atoms with Crippen molar-refractivity contribution in [2.45, 2.75) is 11.8 Å². The van der Waals surface area contributed by atoms with Gasteiger partial charge in [-0.15, -0.1) is 0 Å². The van der Waals surface area contributed by atoms with E-state index in [9.17, 15) is 8.42 Å². The van der Waals surface area contributed by atoms with Crippen LogP contribution in [0.25, 0.3) is 0 Å². The number of guanidine groups is 1. The Kier molecular flexibility index (Phi) is 6.96. The first kappa shape index (κ1) is 17.8. The van der Waals surface area contributed by atoms with Gasteiger partial charge in [-0.3, -0.25) is 9.71 Å². The number of nitrogens with two attached hydrogens (primary N) is 1. The van der Waals surface area contributed by atoms with Gasteiger partial charge < -0.3 is 4.90 Å². The maximum Gasteiger partial charge on any atom is 0.274 e. The van der Waals surface area contributed by atoms with Crippen LogP contribution >= 0.6 is 11.9 Å². The van der Waals surface area contributed by atoms with Crippen molar-refractivity contribution in [3.05, 3.63) is 29.8 Å². The molecule has 1 aromatic carbocycles. The van der Waals surface area contributed by atoms with Crippen molar-refractivity contribution in [1.82, 2.24) is 14.3 Å². The number of nitrogens with one attached hydrogen (secondary N) is 2. The molecular weight excluding hydrogens is 310 g/mol. The first-order chi connectivity index (χ1) is 9.81. The van der Waals surface area contributed by atoms with Gasteiger partial charge in [0.1, 0.15) is 0 Å². The maximum absolute atomic E-state index is 10.8. The van der Waals surface area contributed by atoms with Gasteiger partial charge in [-0.05, 0) is 31.0 Å². The molecule has 9 heteroatoms. The topological polar surface area (TPSA) is 99.8 Å². The molecule has 0 saturated heterocycles. The summed E-state index contributed by atoms with van der Waals surface area (Å²) in [4.78, 5) is 7.01. The van der Waals surface area contributed by atoms with E-state index in [4.69, 9.17) is 5.14 Å². The Bertz CT molecular complexity index is 572. The van der Waals surface area contributed by atoms with E-state index >= 15 is 0 Å². The molecule has 4 N–H and O–H groups in total. The molecule has 0 unspecified atom stereocenters. The number of aliphatic imine (C=N–C) groups is 1. The quantitative estimate of drug-likeness (QED) is 0.395. The van der Waals surface area contributed by atoms with E-state index < -0.39 is 10.2 Å². The van der Waals surface area contributed by atoms with Gasteiger partial charge in [0.25, 0.3) is 10.2 Å². The number of aryl methyl sites for hydroxylation is 1.